The number of aryl methyl sites for hydroxylation is 1. The largest absolute Gasteiger partial charge is 0.465 e. The van der Waals surface area contributed by atoms with Crippen LogP contribution in [0.25, 0.3) is 0 Å². The van der Waals surface area contributed by atoms with E-state index in [1.165, 1.54) is 18.4 Å². The van der Waals surface area contributed by atoms with E-state index in [1.807, 2.05) is 0 Å². The van der Waals surface area contributed by atoms with E-state index in [-0.39, 0.29) is 23.7 Å². The first-order valence-corrected chi connectivity index (χ1v) is 12.3. The molecule has 1 saturated heterocycles. The maximum Gasteiger partial charge on any atom is 0.341 e. The van der Waals surface area contributed by atoms with Gasteiger partial charge in [-0.15, -0.1) is 11.3 Å². The fourth-order valence-electron chi connectivity index (χ4n) is 5.02. The molecule has 2 fully saturated rings. The van der Waals surface area contributed by atoms with Crippen LogP contribution in [0.15, 0.2) is 0 Å². The van der Waals surface area contributed by atoms with E-state index in [9.17, 15) is 24.0 Å². The van der Waals surface area contributed by atoms with Crippen molar-refractivity contribution in [1.82, 2.24) is 4.90 Å². The number of anilines is 1. The van der Waals surface area contributed by atoms with E-state index in [4.69, 9.17) is 9.47 Å². The molecule has 1 aromatic heterocycles. The van der Waals surface area contributed by atoms with Gasteiger partial charge in [-0.2, -0.15) is 0 Å². The van der Waals surface area contributed by atoms with Crippen molar-refractivity contribution in [3.63, 3.8) is 0 Å². The molecule has 1 saturated carbocycles. The normalized spacial score (nSPS) is 22.3. The maximum atomic E-state index is 12.5. The van der Waals surface area contributed by atoms with E-state index in [1.54, 1.807) is 0 Å². The first-order valence-electron chi connectivity index (χ1n) is 11.4. The van der Waals surface area contributed by atoms with E-state index in [0.717, 1.165) is 60.3 Å². The Labute approximate surface area is 195 Å². The summed E-state index contributed by atoms with van der Waals surface area (Å²) in [5, 5.41) is 3.06. The molecule has 3 aliphatic rings. The maximum absolute atomic E-state index is 12.5. The lowest BCUT2D eigenvalue weighted by Crippen LogP contribution is -2.37. The number of hydrogen-bond donors (Lipinski definition) is 1. The standard InChI is InChI=1S/C23H28N2O7S/c1-31-23(30)19-15-9-3-2-4-10-16(15)33-20(19)24-17(26)12-32-18(27)11-25-21(28)13-7-5-6-8-14(13)22(25)29/h13-14H,2-12H2,1H3,(H,24,26). The highest BCUT2D eigenvalue weighted by atomic mass is 32.1. The molecule has 1 aromatic rings. The fraction of sp³-hybridized carbons (Fsp3) is 0.609. The average Bonchev–Trinajstić information content (AvgIpc) is 3.14. The molecule has 33 heavy (non-hydrogen) atoms. The summed E-state index contributed by atoms with van der Waals surface area (Å²) in [5.41, 5.74) is 1.29. The number of ether oxygens (including phenoxy) is 2. The first-order chi connectivity index (χ1) is 15.9. The van der Waals surface area contributed by atoms with Crippen molar-refractivity contribution in [3.05, 3.63) is 16.0 Å². The molecule has 3 amide bonds. The van der Waals surface area contributed by atoms with Gasteiger partial charge in [-0.05, 0) is 44.1 Å². The first kappa shape index (κ1) is 23.4. The van der Waals surface area contributed by atoms with Crippen molar-refractivity contribution < 1.29 is 33.4 Å². The Morgan fingerprint density at radius 3 is 2.33 bits per heavy atom. The van der Waals surface area contributed by atoms with Crippen molar-refractivity contribution in [3.8, 4) is 0 Å². The Morgan fingerprint density at radius 1 is 1.00 bits per heavy atom. The van der Waals surface area contributed by atoms with Crippen LogP contribution in [0.2, 0.25) is 0 Å². The van der Waals surface area contributed by atoms with Gasteiger partial charge >= 0.3 is 11.9 Å². The molecule has 2 unspecified atom stereocenters. The van der Waals surface area contributed by atoms with Crippen LogP contribution >= 0.6 is 11.3 Å². The summed E-state index contributed by atoms with van der Waals surface area (Å²) >= 11 is 1.35. The van der Waals surface area contributed by atoms with Crippen molar-refractivity contribution >= 4 is 46.0 Å². The molecular formula is C23H28N2O7S. The number of rotatable bonds is 6. The zero-order valence-corrected chi connectivity index (χ0v) is 19.5. The van der Waals surface area contributed by atoms with Gasteiger partial charge in [-0.3, -0.25) is 24.1 Å². The minimum Gasteiger partial charge on any atom is -0.465 e. The number of likely N-dealkylation sites (tertiary alicyclic amines) is 1. The van der Waals surface area contributed by atoms with Gasteiger partial charge in [0.05, 0.1) is 24.5 Å². The molecule has 1 aliphatic heterocycles. The molecule has 10 heteroatoms. The molecule has 0 aromatic carbocycles. The lowest BCUT2D eigenvalue weighted by atomic mass is 9.81. The zero-order valence-electron chi connectivity index (χ0n) is 18.6. The molecular weight excluding hydrogens is 448 g/mol. The van der Waals surface area contributed by atoms with Crippen LogP contribution in [0, 0.1) is 11.8 Å². The third kappa shape index (κ3) is 4.80. The number of carbonyl (C=O) groups is 5. The summed E-state index contributed by atoms with van der Waals surface area (Å²) in [6, 6.07) is 0. The summed E-state index contributed by atoms with van der Waals surface area (Å²) in [4.78, 5) is 64.1. The number of fused-ring (bicyclic) bond motifs is 2. The van der Waals surface area contributed by atoms with E-state index in [2.05, 4.69) is 5.32 Å². The number of imide groups is 1. The monoisotopic (exact) mass is 476 g/mol. The highest BCUT2D eigenvalue weighted by molar-refractivity contribution is 7.17. The van der Waals surface area contributed by atoms with Crippen LogP contribution in [0.5, 0.6) is 0 Å². The van der Waals surface area contributed by atoms with Crippen LogP contribution in [-0.4, -0.2) is 54.8 Å². The number of methoxy groups -OCH3 is 1. The quantitative estimate of drug-likeness (QED) is 0.380. The Kier molecular flexibility index (Phi) is 7.11. The topological polar surface area (TPSA) is 119 Å². The lowest BCUT2D eigenvalue weighted by molar-refractivity contribution is -0.154. The second-order valence-corrected chi connectivity index (χ2v) is 9.83. The van der Waals surface area contributed by atoms with Crippen molar-refractivity contribution in [2.45, 2.75) is 57.8 Å². The van der Waals surface area contributed by atoms with E-state index < -0.39 is 31.0 Å². The molecule has 0 radical (unpaired) electrons. The van der Waals surface area contributed by atoms with Gasteiger partial charge in [0.15, 0.2) is 6.61 Å². The second-order valence-electron chi connectivity index (χ2n) is 8.73. The Hall–Kier alpha value is -2.75. The smallest absolute Gasteiger partial charge is 0.341 e. The molecule has 178 valence electrons. The van der Waals surface area contributed by atoms with E-state index >= 15 is 0 Å². The number of nitrogens with zero attached hydrogens (tertiary/aromatic N) is 1. The van der Waals surface area contributed by atoms with Gasteiger partial charge in [-0.25, -0.2) is 4.79 Å². The second kappa shape index (κ2) is 10.0. The third-order valence-electron chi connectivity index (χ3n) is 6.65. The number of nitrogens with one attached hydrogen (secondary N) is 1. The minimum atomic E-state index is -0.819. The minimum absolute atomic E-state index is 0.325. The highest BCUT2D eigenvalue weighted by Crippen LogP contribution is 2.39. The molecule has 2 atom stereocenters. The molecule has 2 aliphatic carbocycles. The predicted molar refractivity (Wildman–Crippen MR) is 119 cm³/mol. The average molecular weight is 477 g/mol. The summed E-state index contributed by atoms with van der Waals surface area (Å²) < 4.78 is 9.95. The van der Waals surface area contributed by atoms with Gasteiger partial charge in [-0.1, -0.05) is 19.3 Å². The van der Waals surface area contributed by atoms with Crippen molar-refractivity contribution in [2.24, 2.45) is 11.8 Å². The Balaban J connectivity index is 1.35. The fourth-order valence-corrected chi connectivity index (χ4v) is 6.31. The molecule has 9 nitrogen and oxygen atoms in total. The molecule has 4 rings (SSSR count). The predicted octanol–water partition coefficient (Wildman–Crippen LogP) is 2.46. The molecule has 0 bridgehead atoms. The summed E-state index contributed by atoms with van der Waals surface area (Å²) in [6.45, 7) is -1.07. The Morgan fingerprint density at radius 2 is 1.67 bits per heavy atom. The lowest BCUT2D eigenvalue weighted by Gasteiger charge is -2.19. The number of amides is 3. The number of thiophene rings is 1. The van der Waals surface area contributed by atoms with Crippen LogP contribution in [0.4, 0.5) is 5.00 Å². The Bertz CT molecular complexity index is 962. The molecule has 2 heterocycles. The highest BCUT2D eigenvalue weighted by Gasteiger charge is 2.48. The van der Waals surface area contributed by atoms with Gasteiger partial charge < -0.3 is 14.8 Å². The van der Waals surface area contributed by atoms with Crippen LogP contribution < -0.4 is 5.32 Å². The molecule has 1 N–H and O–H groups in total. The third-order valence-corrected chi connectivity index (χ3v) is 7.85. The summed E-state index contributed by atoms with van der Waals surface area (Å²) in [6.07, 6.45) is 7.80. The summed E-state index contributed by atoms with van der Waals surface area (Å²) in [5.74, 6) is -3.25. The van der Waals surface area contributed by atoms with Crippen molar-refractivity contribution in [1.29, 1.82) is 0 Å². The van der Waals surface area contributed by atoms with Crippen LogP contribution in [-0.2, 0) is 41.5 Å². The SMILES string of the molecule is COC(=O)c1c(NC(=O)COC(=O)CN2C(=O)C3CCCCC3C2=O)sc2c1CCCCC2. The molecule has 0 spiro atoms. The van der Waals surface area contributed by atoms with Gasteiger partial charge in [0.25, 0.3) is 5.91 Å². The van der Waals surface area contributed by atoms with E-state index in [0.29, 0.717) is 23.4 Å². The number of hydrogen-bond acceptors (Lipinski definition) is 8. The van der Waals surface area contributed by atoms with Gasteiger partial charge in [0.1, 0.15) is 11.5 Å². The van der Waals surface area contributed by atoms with Crippen LogP contribution in [0.1, 0.15) is 65.7 Å². The summed E-state index contributed by atoms with van der Waals surface area (Å²) in [7, 11) is 1.30. The van der Waals surface area contributed by atoms with Gasteiger partial charge in [0, 0.05) is 4.88 Å². The van der Waals surface area contributed by atoms with Crippen molar-refractivity contribution in [2.75, 3.05) is 25.6 Å². The number of esters is 2. The van der Waals surface area contributed by atoms with Gasteiger partial charge in [0.2, 0.25) is 11.8 Å². The number of carbonyl (C=O) groups excluding carboxylic acids is 5. The zero-order chi connectivity index (χ0) is 23.5. The van der Waals surface area contributed by atoms with Crippen LogP contribution in [0.3, 0.4) is 0 Å².